The number of hydrogen-bond donors (Lipinski definition) is 0. The first-order chi connectivity index (χ1) is 21.0. The van der Waals surface area contributed by atoms with Crippen LogP contribution in [0.4, 0.5) is 0 Å². The highest BCUT2D eigenvalue weighted by molar-refractivity contribution is 5.72. The summed E-state index contributed by atoms with van der Waals surface area (Å²) >= 11 is 0. The van der Waals surface area contributed by atoms with Crippen molar-refractivity contribution in [2.75, 3.05) is 60.1 Å². The molecule has 0 bridgehead atoms. The summed E-state index contributed by atoms with van der Waals surface area (Å²) in [6.07, 6.45) is 27.6. The molecule has 5 heteroatoms. The fourth-order valence-electron chi connectivity index (χ4n) is 5.80. The van der Waals surface area contributed by atoms with Gasteiger partial charge >= 0.3 is 5.97 Å². The fourth-order valence-corrected chi connectivity index (χ4v) is 5.80. The molecule has 0 N–H and O–H groups in total. The molecule has 0 aromatic rings. The van der Waals surface area contributed by atoms with E-state index in [4.69, 9.17) is 9.47 Å². The largest absolute Gasteiger partial charge is 0.465 e. The van der Waals surface area contributed by atoms with Gasteiger partial charge in [-0.25, -0.2) is 0 Å². The molecule has 0 saturated heterocycles. The zero-order valence-corrected chi connectivity index (χ0v) is 30.3. The molecule has 0 aliphatic heterocycles. The Kier molecular flexibility index (Phi) is 32.2. The molecule has 43 heavy (non-hydrogen) atoms. The molecule has 0 heterocycles. The highest BCUT2D eigenvalue weighted by atomic mass is 16.5. The zero-order chi connectivity index (χ0) is 31.8. The maximum Gasteiger partial charge on any atom is 0.308 e. The van der Waals surface area contributed by atoms with E-state index in [-0.39, 0.29) is 11.9 Å². The standard InChI is InChI=1S/C38H78N2O3/c1-7-11-27-36(9-3)35-42-33-25-21-17-13-15-19-23-29-40(32-31-39(5)6)30-24-20-16-14-18-22-26-34-43-38(41)37(10-4)28-12-8-2/h36-37H,7-35H2,1-6H3. The van der Waals surface area contributed by atoms with E-state index in [2.05, 4.69) is 51.6 Å². The van der Waals surface area contributed by atoms with Gasteiger partial charge in [0.25, 0.3) is 0 Å². The van der Waals surface area contributed by atoms with Crippen molar-refractivity contribution >= 4 is 5.97 Å². The van der Waals surface area contributed by atoms with Gasteiger partial charge in [-0.05, 0) is 78.0 Å². The molecular formula is C38H78N2O3. The number of esters is 1. The first-order valence-electron chi connectivity index (χ1n) is 19.1. The van der Waals surface area contributed by atoms with Gasteiger partial charge in [-0.3, -0.25) is 4.79 Å². The number of unbranched alkanes of at least 4 members (excludes halogenated alkanes) is 14. The molecule has 0 saturated carbocycles. The normalized spacial score (nSPS) is 13.2. The highest BCUT2D eigenvalue weighted by Gasteiger charge is 2.16. The molecule has 2 unspecified atom stereocenters. The van der Waals surface area contributed by atoms with Gasteiger partial charge in [0, 0.05) is 26.3 Å². The summed E-state index contributed by atoms with van der Waals surface area (Å²) < 4.78 is 11.5. The smallest absolute Gasteiger partial charge is 0.308 e. The Bertz CT molecular complexity index is 571. The minimum Gasteiger partial charge on any atom is -0.465 e. The summed E-state index contributed by atoms with van der Waals surface area (Å²) in [7, 11) is 4.38. The molecule has 2 atom stereocenters. The van der Waals surface area contributed by atoms with E-state index in [1.807, 2.05) is 0 Å². The summed E-state index contributed by atoms with van der Waals surface area (Å²) in [5.74, 6) is 0.910. The SMILES string of the molecule is CCCCC(CC)COCCCCCCCCCN(CCCCCCCCCOC(=O)C(CC)CCCC)CCN(C)C. The Morgan fingerprint density at radius 1 is 0.558 bits per heavy atom. The van der Waals surface area contributed by atoms with Crippen molar-refractivity contribution in [3.05, 3.63) is 0 Å². The van der Waals surface area contributed by atoms with Crippen LogP contribution >= 0.6 is 0 Å². The molecule has 258 valence electrons. The van der Waals surface area contributed by atoms with E-state index in [1.54, 1.807) is 0 Å². The quantitative estimate of drug-likeness (QED) is 0.0535. The molecule has 0 aromatic carbocycles. The van der Waals surface area contributed by atoms with E-state index in [1.165, 1.54) is 129 Å². The maximum absolute atomic E-state index is 12.2. The second-order valence-electron chi connectivity index (χ2n) is 13.5. The van der Waals surface area contributed by atoms with Crippen LogP contribution in [-0.2, 0) is 14.3 Å². The molecular weight excluding hydrogens is 532 g/mol. The number of hydrogen-bond acceptors (Lipinski definition) is 5. The lowest BCUT2D eigenvalue weighted by molar-refractivity contribution is -0.149. The van der Waals surface area contributed by atoms with E-state index in [0.29, 0.717) is 6.61 Å². The van der Waals surface area contributed by atoms with E-state index < -0.39 is 0 Å². The van der Waals surface area contributed by atoms with Crippen molar-refractivity contribution < 1.29 is 14.3 Å². The highest BCUT2D eigenvalue weighted by Crippen LogP contribution is 2.16. The molecule has 0 rings (SSSR count). The van der Waals surface area contributed by atoms with Crippen LogP contribution < -0.4 is 0 Å². The fraction of sp³-hybridized carbons (Fsp3) is 0.974. The van der Waals surface area contributed by atoms with Crippen molar-refractivity contribution in [3.8, 4) is 0 Å². The number of rotatable bonds is 34. The Morgan fingerprint density at radius 2 is 1.07 bits per heavy atom. The van der Waals surface area contributed by atoms with Crippen molar-refractivity contribution in [3.63, 3.8) is 0 Å². The monoisotopic (exact) mass is 611 g/mol. The molecule has 0 radical (unpaired) electrons. The van der Waals surface area contributed by atoms with Gasteiger partial charge in [0.15, 0.2) is 0 Å². The average Bonchev–Trinajstić information content (AvgIpc) is 3.00. The van der Waals surface area contributed by atoms with Crippen molar-refractivity contribution in [1.29, 1.82) is 0 Å². The van der Waals surface area contributed by atoms with E-state index in [0.717, 1.165) is 57.8 Å². The molecule has 0 amide bonds. The average molecular weight is 611 g/mol. The van der Waals surface area contributed by atoms with Crippen LogP contribution in [0, 0.1) is 11.8 Å². The second kappa shape index (κ2) is 32.7. The Labute approximate surface area is 270 Å². The lowest BCUT2D eigenvalue weighted by Gasteiger charge is -2.24. The zero-order valence-electron chi connectivity index (χ0n) is 30.3. The van der Waals surface area contributed by atoms with Crippen LogP contribution in [0.1, 0.15) is 169 Å². The van der Waals surface area contributed by atoms with Crippen LogP contribution in [0.25, 0.3) is 0 Å². The third-order valence-corrected chi connectivity index (χ3v) is 9.12. The number of carbonyl (C=O) groups excluding carboxylic acids is 1. The lowest BCUT2D eigenvalue weighted by atomic mass is 10.00. The van der Waals surface area contributed by atoms with Crippen LogP contribution in [0.2, 0.25) is 0 Å². The van der Waals surface area contributed by atoms with Crippen molar-refractivity contribution in [1.82, 2.24) is 9.80 Å². The minimum atomic E-state index is 0.0319. The predicted molar refractivity (Wildman–Crippen MR) is 188 cm³/mol. The molecule has 0 spiro atoms. The van der Waals surface area contributed by atoms with Crippen molar-refractivity contribution in [2.45, 2.75) is 169 Å². The molecule has 0 aliphatic rings. The lowest BCUT2D eigenvalue weighted by Crippen LogP contribution is -2.33. The first kappa shape index (κ1) is 42.3. The number of likely N-dealkylation sites (N-methyl/N-ethyl adjacent to an activating group) is 1. The Hall–Kier alpha value is -0.650. The van der Waals surface area contributed by atoms with Crippen molar-refractivity contribution in [2.24, 2.45) is 11.8 Å². The Balaban J connectivity index is 3.78. The van der Waals surface area contributed by atoms with Crippen LogP contribution in [0.15, 0.2) is 0 Å². The summed E-state index contributed by atoms with van der Waals surface area (Å²) in [5, 5.41) is 0. The molecule has 0 aliphatic carbocycles. The number of nitrogens with zero attached hydrogens (tertiary/aromatic N) is 2. The van der Waals surface area contributed by atoms with Gasteiger partial charge in [-0.2, -0.15) is 0 Å². The van der Waals surface area contributed by atoms with Gasteiger partial charge in [-0.1, -0.05) is 124 Å². The summed E-state index contributed by atoms with van der Waals surface area (Å²) in [6.45, 7) is 16.3. The second-order valence-corrected chi connectivity index (χ2v) is 13.5. The predicted octanol–water partition coefficient (Wildman–Crippen LogP) is 10.3. The topological polar surface area (TPSA) is 42.0 Å². The van der Waals surface area contributed by atoms with E-state index >= 15 is 0 Å². The number of ether oxygens (including phenoxy) is 2. The molecule has 0 aromatic heterocycles. The Morgan fingerprint density at radius 3 is 1.58 bits per heavy atom. The third kappa shape index (κ3) is 28.6. The summed E-state index contributed by atoms with van der Waals surface area (Å²) in [4.78, 5) is 17.2. The maximum atomic E-state index is 12.2. The summed E-state index contributed by atoms with van der Waals surface area (Å²) in [5.41, 5.74) is 0. The van der Waals surface area contributed by atoms with Gasteiger partial charge < -0.3 is 19.3 Å². The third-order valence-electron chi connectivity index (χ3n) is 9.12. The van der Waals surface area contributed by atoms with E-state index in [9.17, 15) is 4.79 Å². The van der Waals surface area contributed by atoms with Gasteiger partial charge in [-0.15, -0.1) is 0 Å². The van der Waals surface area contributed by atoms with Crippen LogP contribution in [0.3, 0.4) is 0 Å². The van der Waals surface area contributed by atoms with Gasteiger partial charge in [0.2, 0.25) is 0 Å². The molecule has 5 nitrogen and oxygen atoms in total. The van der Waals surface area contributed by atoms with Gasteiger partial charge in [0.1, 0.15) is 0 Å². The van der Waals surface area contributed by atoms with Gasteiger partial charge in [0.05, 0.1) is 12.5 Å². The first-order valence-corrected chi connectivity index (χ1v) is 19.1. The number of carbonyl (C=O) groups is 1. The van der Waals surface area contributed by atoms with Crippen LogP contribution in [-0.4, -0.2) is 75.9 Å². The van der Waals surface area contributed by atoms with Crippen LogP contribution in [0.5, 0.6) is 0 Å². The molecule has 0 fully saturated rings. The minimum absolute atomic E-state index is 0.0319. The summed E-state index contributed by atoms with van der Waals surface area (Å²) in [6, 6.07) is 0.